The average Bonchev–Trinajstić information content (AvgIpc) is 2.30. The number of halogens is 1. The Morgan fingerprint density at radius 1 is 1.35 bits per heavy atom. The van der Waals surface area contributed by atoms with Gasteiger partial charge in [0.2, 0.25) is 0 Å². The Labute approximate surface area is 109 Å². The first-order valence-electron chi connectivity index (χ1n) is 6.21. The van der Waals surface area contributed by atoms with Crippen LogP contribution in [0.3, 0.4) is 0 Å². The Hall–Kier alpha value is -0.570. The number of ether oxygens (including phenoxy) is 1. The van der Waals surface area contributed by atoms with Crippen LogP contribution in [0.4, 0.5) is 0 Å². The summed E-state index contributed by atoms with van der Waals surface area (Å²) in [4.78, 5) is 0. The number of likely N-dealkylation sites (tertiary alicyclic amines) is 1. The molecule has 0 bridgehead atoms. The Morgan fingerprint density at radius 2 is 2.06 bits per heavy atom. The van der Waals surface area contributed by atoms with Crippen molar-refractivity contribution in [1.82, 2.24) is 0 Å². The summed E-state index contributed by atoms with van der Waals surface area (Å²) in [6, 6.07) is 8.30. The van der Waals surface area contributed by atoms with Crippen molar-refractivity contribution in [2.75, 3.05) is 34.0 Å². The molecule has 1 aliphatic heterocycles. The molecule has 0 aliphatic carbocycles. The molecule has 94 valence electrons. The standard InChI is InChI=1S/C14H21ClNO/c1-16(11-17-2)8-6-12(7-9-16)13-4-3-5-14(15)10-13/h3-5,10,12H,6-9,11H2,1-2H3/q+1. The molecule has 0 atom stereocenters. The summed E-state index contributed by atoms with van der Waals surface area (Å²) in [7, 11) is 4.06. The fourth-order valence-corrected chi connectivity index (χ4v) is 2.92. The van der Waals surface area contributed by atoms with E-state index in [1.807, 2.05) is 6.07 Å². The molecule has 0 radical (unpaired) electrons. The van der Waals surface area contributed by atoms with Crippen molar-refractivity contribution in [3.05, 3.63) is 34.9 Å². The maximum Gasteiger partial charge on any atom is 0.182 e. The molecule has 0 unspecified atom stereocenters. The molecule has 0 aromatic heterocycles. The summed E-state index contributed by atoms with van der Waals surface area (Å²) in [5, 5.41) is 0.849. The zero-order valence-corrected chi connectivity index (χ0v) is 11.4. The molecule has 1 aliphatic rings. The second kappa shape index (κ2) is 5.38. The van der Waals surface area contributed by atoms with Gasteiger partial charge in [-0.2, -0.15) is 0 Å². The number of quaternary nitrogens is 1. The first kappa shape index (κ1) is 12.9. The van der Waals surface area contributed by atoms with Crippen molar-refractivity contribution in [3.63, 3.8) is 0 Å². The number of rotatable bonds is 3. The molecule has 2 nitrogen and oxygen atoms in total. The monoisotopic (exact) mass is 254 g/mol. The summed E-state index contributed by atoms with van der Waals surface area (Å²) in [6.07, 6.45) is 2.44. The van der Waals surface area contributed by atoms with E-state index in [1.165, 1.54) is 31.5 Å². The van der Waals surface area contributed by atoms with Crippen LogP contribution in [0.1, 0.15) is 24.3 Å². The molecule has 1 heterocycles. The molecule has 1 saturated heterocycles. The van der Waals surface area contributed by atoms with E-state index in [2.05, 4.69) is 25.2 Å². The third kappa shape index (κ3) is 3.21. The molecule has 0 saturated carbocycles. The van der Waals surface area contributed by atoms with Crippen LogP contribution in [0.2, 0.25) is 5.02 Å². The van der Waals surface area contributed by atoms with Gasteiger partial charge in [0.1, 0.15) is 0 Å². The van der Waals surface area contributed by atoms with Gasteiger partial charge in [-0.15, -0.1) is 0 Å². The molecule has 0 amide bonds. The van der Waals surface area contributed by atoms with Crippen molar-refractivity contribution in [3.8, 4) is 0 Å². The largest absolute Gasteiger partial charge is 0.335 e. The molecule has 0 spiro atoms. The number of benzene rings is 1. The van der Waals surface area contributed by atoms with Crippen molar-refractivity contribution < 1.29 is 9.22 Å². The lowest BCUT2D eigenvalue weighted by atomic mass is 9.89. The van der Waals surface area contributed by atoms with Gasteiger partial charge in [-0.05, 0) is 23.6 Å². The number of piperidine rings is 1. The van der Waals surface area contributed by atoms with E-state index in [-0.39, 0.29) is 0 Å². The maximum absolute atomic E-state index is 6.05. The van der Waals surface area contributed by atoms with Gasteiger partial charge in [0.15, 0.2) is 6.73 Å². The smallest absolute Gasteiger partial charge is 0.182 e. The van der Waals surface area contributed by atoms with Gasteiger partial charge in [-0.1, -0.05) is 23.7 Å². The number of methoxy groups -OCH3 is 1. The van der Waals surface area contributed by atoms with E-state index in [9.17, 15) is 0 Å². The van der Waals surface area contributed by atoms with E-state index in [4.69, 9.17) is 16.3 Å². The SMILES string of the molecule is COC[N+]1(C)CCC(c2cccc(Cl)c2)CC1. The van der Waals surface area contributed by atoms with Crippen molar-refractivity contribution >= 4 is 11.6 Å². The normalized spacial score (nSPS) is 29.2. The third-order valence-electron chi connectivity index (χ3n) is 3.80. The summed E-state index contributed by atoms with van der Waals surface area (Å²) in [6.45, 7) is 3.19. The highest BCUT2D eigenvalue weighted by molar-refractivity contribution is 6.30. The van der Waals surface area contributed by atoms with Crippen LogP contribution in [-0.4, -0.2) is 38.5 Å². The maximum atomic E-state index is 6.05. The zero-order valence-electron chi connectivity index (χ0n) is 10.7. The van der Waals surface area contributed by atoms with Crippen LogP contribution in [0.15, 0.2) is 24.3 Å². The fraction of sp³-hybridized carbons (Fsp3) is 0.571. The molecule has 3 heteroatoms. The highest BCUT2D eigenvalue weighted by Crippen LogP contribution is 2.31. The van der Waals surface area contributed by atoms with Crippen LogP contribution in [-0.2, 0) is 4.74 Å². The van der Waals surface area contributed by atoms with E-state index in [0.29, 0.717) is 5.92 Å². The van der Waals surface area contributed by atoms with Gasteiger partial charge in [-0.25, -0.2) is 0 Å². The van der Waals surface area contributed by atoms with Crippen LogP contribution < -0.4 is 0 Å². The van der Waals surface area contributed by atoms with Crippen molar-refractivity contribution in [2.24, 2.45) is 0 Å². The molecule has 1 fully saturated rings. The number of nitrogens with zero attached hydrogens (tertiary/aromatic N) is 1. The Balaban J connectivity index is 1.99. The Morgan fingerprint density at radius 3 is 2.65 bits per heavy atom. The second-order valence-corrected chi connectivity index (χ2v) is 5.75. The Kier molecular flexibility index (Phi) is 4.08. The molecule has 17 heavy (non-hydrogen) atoms. The average molecular weight is 255 g/mol. The van der Waals surface area contributed by atoms with Crippen molar-refractivity contribution in [2.45, 2.75) is 18.8 Å². The van der Waals surface area contributed by atoms with E-state index < -0.39 is 0 Å². The van der Waals surface area contributed by atoms with Crippen LogP contribution in [0.5, 0.6) is 0 Å². The summed E-state index contributed by atoms with van der Waals surface area (Å²) in [5.74, 6) is 0.664. The Bertz CT molecular complexity index is 372. The molecule has 2 rings (SSSR count). The summed E-state index contributed by atoms with van der Waals surface area (Å²) in [5.41, 5.74) is 1.39. The van der Waals surface area contributed by atoms with E-state index in [1.54, 1.807) is 7.11 Å². The van der Waals surface area contributed by atoms with Crippen LogP contribution in [0.25, 0.3) is 0 Å². The first-order valence-corrected chi connectivity index (χ1v) is 6.59. The van der Waals surface area contributed by atoms with Gasteiger partial charge in [-0.3, -0.25) is 0 Å². The van der Waals surface area contributed by atoms with Gasteiger partial charge in [0, 0.05) is 25.0 Å². The molecular formula is C14H21ClNO+. The lowest BCUT2D eigenvalue weighted by molar-refractivity contribution is -0.932. The van der Waals surface area contributed by atoms with Gasteiger partial charge in [0.05, 0.1) is 20.1 Å². The lowest BCUT2D eigenvalue weighted by Gasteiger charge is -2.39. The van der Waals surface area contributed by atoms with Gasteiger partial charge >= 0.3 is 0 Å². The predicted octanol–water partition coefficient (Wildman–Crippen LogP) is 3.27. The van der Waals surface area contributed by atoms with Crippen LogP contribution >= 0.6 is 11.6 Å². The number of hydrogen-bond acceptors (Lipinski definition) is 1. The zero-order chi connectivity index (χ0) is 12.3. The topological polar surface area (TPSA) is 9.23 Å². The molecule has 1 aromatic rings. The fourth-order valence-electron chi connectivity index (χ4n) is 2.73. The summed E-state index contributed by atoms with van der Waals surface area (Å²) < 4.78 is 6.33. The highest BCUT2D eigenvalue weighted by atomic mass is 35.5. The highest BCUT2D eigenvalue weighted by Gasteiger charge is 2.30. The molecular weight excluding hydrogens is 234 g/mol. The van der Waals surface area contributed by atoms with Gasteiger partial charge < -0.3 is 9.22 Å². The predicted molar refractivity (Wildman–Crippen MR) is 71.2 cm³/mol. The molecule has 1 aromatic carbocycles. The minimum Gasteiger partial charge on any atom is -0.335 e. The third-order valence-corrected chi connectivity index (χ3v) is 4.03. The minimum atomic E-state index is 0.664. The van der Waals surface area contributed by atoms with E-state index >= 15 is 0 Å². The quantitative estimate of drug-likeness (QED) is 0.753. The first-order chi connectivity index (χ1) is 8.13. The summed E-state index contributed by atoms with van der Waals surface area (Å²) >= 11 is 6.05. The second-order valence-electron chi connectivity index (χ2n) is 5.31. The number of hydrogen-bond donors (Lipinski definition) is 0. The van der Waals surface area contributed by atoms with Crippen LogP contribution in [0, 0.1) is 0 Å². The van der Waals surface area contributed by atoms with E-state index in [0.717, 1.165) is 16.2 Å². The minimum absolute atomic E-state index is 0.664. The lowest BCUT2D eigenvalue weighted by Crippen LogP contribution is -2.50. The molecule has 0 N–H and O–H groups in total. The van der Waals surface area contributed by atoms with Gasteiger partial charge in [0.25, 0.3) is 0 Å². The van der Waals surface area contributed by atoms with Crippen molar-refractivity contribution in [1.29, 1.82) is 0 Å².